The number of amides is 1. The van der Waals surface area contributed by atoms with E-state index in [9.17, 15) is 9.59 Å². The van der Waals surface area contributed by atoms with Crippen LogP contribution in [0, 0.1) is 0 Å². The standard InChI is InChI=1S/C22H23N3O4/c1-2-29-22-23-18-10-9-17(20(26)24-11-3-4-12-24)13-19(18)25(22)14-15-5-7-16(8-6-15)21(27)28/h5-10,13H,2-4,11-12,14H2,1H3,(H,27,28). The minimum Gasteiger partial charge on any atom is -0.478 e. The molecule has 1 aliphatic heterocycles. The van der Waals surface area contributed by atoms with Gasteiger partial charge in [0.1, 0.15) is 0 Å². The summed E-state index contributed by atoms with van der Waals surface area (Å²) in [5.41, 5.74) is 3.39. The third kappa shape index (κ3) is 3.81. The first-order valence-electron chi connectivity index (χ1n) is 9.81. The Bertz CT molecular complexity index is 1050. The van der Waals surface area contributed by atoms with Crippen molar-refractivity contribution in [3.05, 3.63) is 59.2 Å². The lowest BCUT2D eigenvalue weighted by Crippen LogP contribution is -2.27. The topological polar surface area (TPSA) is 84.7 Å². The van der Waals surface area contributed by atoms with Crippen LogP contribution in [0.5, 0.6) is 6.01 Å². The fourth-order valence-corrected chi connectivity index (χ4v) is 3.66. The van der Waals surface area contributed by atoms with Crippen LogP contribution in [-0.4, -0.2) is 51.1 Å². The molecule has 2 heterocycles. The van der Waals surface area contributed by atoms with E-state index in [1.807, 2.05) is 34.6 Å². The fraction of sp³-hybridized carbons (Fsp3) is 0.318. The first kappa shape index (κ1) is 19.0. The van der Waals surface area contributed by atoms with Crippen molar-refractivity contribution in [2.45, 2.75) is 26.3 Å². The number of rotatable bonds is 6. The van der Waals surface area contributed by atoms with Gasteiger partial charge in [-0.15, -0.1) is 0 Å². The summed E-state index contributed by atoms with van der Waals surface area (Å²) >= 11 is 0. The van der Waals surface area contributed by atoms with Gasteiger partial charge < -0.3 is 14.7 Å². The molecule has 0 atom stereocenters. The van der Waals surface area contributed by atoms with Crippen LogP contribution in [-0.2, 0) is 6.54 Å². The van der Waals surface area contributed by atoms with Crippen LogP contribution >= 0.6 is 0 Å². The highest BCUT2D eigenvalue weighted by Gasteiger charge is 2.21. The van der Waals surface area contributed by atoms with Crippen molar-refractivity contribution in [3.8, 4) is 6.01 Å². The number of imidazole rings is 1. The Labute approximate surface area is 168 Å². The third-order valence-electron chi connectivity index (χ3n) is 5.17. The molecule has 7 heteroatoms. The maximum absolute atomic E-state index is 12.8. The maximum Gasteiger partial charge on any atom is 0.335 e. The zero-order valence-corrected chi connectivity index (χ0v) is 16.3. The summed E-state index contributed by atoms with van der Waals surface area (Å²) < 4.78 is 7.64. The first-order valence-corrected chi connectivity index (χ1v) is 9.81. The predicted molar refractivity (Wildman–Crippen MR) is 109 cm³/mol. The van der Waals surface area contributed by atoms with E-state index in [4.69, 9.17) is 9.84 Å². The molecule has 29 heavy (non-hydrogen) atoms. The van der Waals surface area contributed by atoms with Gasteiger partial charge in [0.2, 0.25) is 0 Å². The Morgan fingerprint density at radius 3 is 2.41 bits per heavy atom. The molecule has 0 saturated carbocycles. The smallest absolute Gasteiger partial charge is 0.335 e. The highest BCUT2D eigenvalue weighted by molar-refractivity contribution is 5.97. The fourth-order valence-electron chi connectivity index (χ4n) is 3.66. The number of likely N-dealkylation sites (tertiary alicyclic amines) is 1. The number of carboxylic acid groups (broad SMARTS) is 1. The summed E-state index contributed by atoms with van der Waals surface area (Å²) in [5.74, 6) is -0.911. The Morgan fingerprint density at radius 2 is 1.76 bits per heavy atom. The minimum absolute atomic E-state index is 0.0425. The lowest BCUT2D eigenvalue weighted by molar-refractivity contribution is 0.0696. The second-order valence-electron chi connectivity index (χ2n) is 7.12. The maximum atomic E-state index is 12.8. The lowest BCUT2D eigenvalue weighted by atomic mass is 10.1. The first-order chi connectivity index (χ1) is 14.1. The molecule has 1 fully saturated rings. The van der Waals surface area contributed by atoms with Crippen LogP contribution in [0.3, 0.4) is 0 Å². The number of carbonyl (C=O) groups is 2. The molecule has 3 aromatic rings. The predicted octanol–water partition coefficient (Wildman–Crippen LogP) is 3.42. The summed E-state index contributed by atoms with van der Waals surface area (Å²) in [7, 11) is 0. The van der Waals surface area contributed by atoms with Gasteiger partial charge in [0.05, 0.1) is 29.7 Å². The van der Waals surface area contributed by atoms with Crippen molar-refractivity contribution in [2.75, 3.05) is 19.7 Å². The van der Waals surface area contributed by atoms with E-state index in [1.54, 1.807) is 24.3 Å². The number of hydrogen-bond donors (Lipinski definition) is 1. The third-order valence-corrected chi connectivity index (χ3v) is 5.17. The van der Waals surface area contributed by atoms with Crippen molar-refractivity contribution in [2.24, 2.45) is 0 Å². The SMILES string of the molecule is CCOc1nc2ccc(C(=O)N3CCCC3)cc2n1Cc1ccc(C(=O)O)cc1. The molecule has 0 unspecified atom stereocenters. The number of fused-ring (bicyclic) bond motifs is 1. The van der Waals surface area contributed by atoms with Crippen LogP contribution in [0.15, 0.2) is 42.5 Å². The van der Waals surface area contributed by atoms with Gasteiger partial charge in [-0.2, -0.15) is 4.98 Å². The van der Waals surface area contributed by atoms with Gasteiger partial charge in [-0.05, 0) is 55.7 Å². The Kier molecular flexibility index (Phi) is 5.20. The van der Waals surface area contributed by atoms with Crippen LogP contribution < -0.4 is 4.74 Å². The van der Waals surface area contributed by atoms with Gasteiger partial charge in [0.15, 0.2) is 0 Å². The van der Waals surface area contributed by atoms with Crippen molar-refractivity contribution in [3.63, 3.8) is 0 Å². The minimum atomic E-state index is -0.954. The summed E-state index contributed by atoms with van der Waals surface area (Å²) in [6.45, 7) is 4.44. The van der Waals surface area contributed by atoms with Crippen molar-refractivity contribution >= 4 is 22.9 Å². The largest absolute Gasteiger partial charge is 0.478 e. The van der Waals surface area contributed by atoms with Crippen molar-refractivity contribution in [1.29, 1.82) is 0 Å². The summed E-state index contributed by atoms with van der Waals surface area (Å²) in [6.07, 6.45) is 2.10. The van der Waals surface area contributed by atoms with Gasteiger partial charge in [-0.25, -0.2) is 4.79 Å². The number of benzene rings is 2. The molecule has 1 saturated heterocycles. The molecule has 1 amide bonds. The molecule has 1 N–H and O–H groups in total. The van der Waals surface area contributed by atoms with E-state index >= 15 is 0 Å². The quantitative estimate of drug-likeness (QED) is 0.694. The number of aromatic nitrogens is 2. The second kappa shape index (κ2) is 7.95. The van der Waals surface area contributed by atoms with Crippen LogP contribution in [0.2, 0.25) is 0 Å². The highest BCUT2D eigenvalue weighted by atomic mass is 16.5. The molecule has 2 aromatic carbocycles. The number of aromatic carboxylic acids is 1. The molecule has 0 bridgehead atoms. The molecule has 0 radical (unpaired) electrons. The Morgan fingerprint density at radius 1 is 1.07 bits per heavy atom. The van der Waals surface area contributed by atoms with E-state index in [2.05, 4.69) is 4.98 Å². The monoisotopic (exact) mass is 393 g/mol. The number of carbonyl (C=O) groups excluding carboxylic acids is 1. The van der Waals surface area contributed by atoms with E-state index in [0.29, 0.717) is 24.7 Å². The Hall–Kier alpha value is -3.35. The van der Waals surface area contributed by atoms with Crippen LogP contribution in [0.4, 0.5) is 0 Å². The van der Waals surface area contributed by atoms with Crippen molar-refractivity contribution < 1.29 is 19.4 Å². The van der Waals surface area contributed by atoms with Gasteiger partial charge in [0, 0.05) is 18.7 Å². The molecule has 150 valence electrons. The zero-order chi connectivity index (χ0) is 20.4. The van der Waals surface area contributed by atoms with E-state index in [1.165, 1.54) is 0 Å². The van der Waals surface area contributed by atoms with Gasteiger partial charge in [-0.3, -0.25) is 9.36 Å². The zero-order valence-electron chi connectivity index (χ0n) is 16.3. The molecule has 1 aromatic heterocycles. The van der Waals surface area contributed by atoms with Crippen LogP contribution in [0.25, 0.3) is 11.0 Å². The number of hydrogen-bond acceptors (Lipinski definition) is 4. The summed E-state index contributed by atoms with van der Waals surface area (Å²) in [6, 6.07) is 12.8. The lowest BCUT2D eigenvalue weighted by Gasteiger charge is -2.15. The molecule has 0 spiro atoms. The highest BCUT2D eigenvalue weighted by Crippen LogP contribution is 2.25. The van der Waals surface area contributed by atoms with Crippen molar-refractivity contribution in [1.82, 2.24) is 14.5 Å². The average molecular weight is 393 g/mol. The van der Waals surface area contributed by atoms with Crippen LogP contribution in [0.1, 0.15) is 46.0 Å². The molecule has 7 nitrogen and oxygen atoms in total. The Balaban J connectivity index is 1.71. The number of nitrogens with zero attached hydrogens (tertiary/aromatic N) is 3. The number of ether oxygens (including phenoxy) is 1. The van der Waals surface area contributed by atoms with Gasteiger partial charge in [0.25, 0.3) is 11.9 Å². The number of carboxylic acids is 1. The van der Waals surface area contributed by atoms with E-state index in [-0.39, 0.29) is 11.5 Å². The molecule has 1 aliphatic rings. The molecular weight excluding hydrogens is 370 g/mol. The average Bonchev–Trinajstić information content (AvgIpc) is 3.37. The van der Waals surface area contributed by atoms with Gasteiger partial charge in [-0.1, -0.05) is 12.1 Å². The second-order valence-corrected chi connectivity index (χ2v) is 7.12. The molecular formula is C22H23N3O4. The van der Waals surface area contributed by atoms with Gasteiger partial charge >= 0.3 is 5.97 Å². The molecule has 0 aliphatic carbocycles. The summed E-state index contributed by atoms with van der Waals surface area (Å²) in [5, 5.41) is 9.09. The van der Waals surface area contributed by atoms with E-state index in [0.717, 1.165) is 42.5 Å². The normalized spacial score (nSPS) is 13.8. The summed E-state index contributed by atoms with van der Waals surface area (Å²) in [4.78, 5) is 30.3. The molecule has 4 rings (SSSR count). The van der Waals surface area contributed by atoms with E-state index < -0.39 is 5.97 Å².